The molecule has 0 spiro atoms. The van der Waals surface area contributed by atoms with Crippen molar-refractivity contribution in [2.75, 3.05) is 0 Å². The van der Waals surface area contributed by atoms with Gasteiger partial charge in [0.1, 0.15) is 5.69 Å². The van der Waals surface area contributed by atoms with Gasteiger partial charge < -0.3 is 0 Å². The first-order valence-corrected chi connectivity index (χ1v) is 8.06. The maximum atomic E-state index is 12.2. The van der Waals surface area contributed by atoms with E-state index in [9.17, 15) is 4.79 Å². The first-order chi connectivity index (χ1) is 11.8. The molecule has 3 aromatic rings. The Bertz CT molecular complexity index is 882. The van der Waals surface area contributed by atoms with Crippen LogP contribution >= 0.6 is 0 Å². The van der Waals surface area contributed by atoms with Crippen LogP contribution in [-0.2, 0) is 4.79 Å². The molecule has 0 saturated carbocycles. The van der Waals surface area contributed by atoms with Crippen LogP contribution in [0.4, 0.5) is 0 Å². The molecular weight excluding hydrogens is 298 g/mol. The van der Waals surface area contributed by atoms with Crippen molar-refractivity contribution in [1.82, 2.24) is 15.0 Å². The monoisotopic (exact) mass is 315 g/mol. The van der Waals surface area contributed by atoms with Crippen molar-refractivity contribution in [1.29, 1.82) is 0 Å². The number of aromatic nitrogens is 3. The SMILES string of the molecule is O=C1C=C(n2cc(-c3ccccc3)nn2)CC(c2ccccc2)C1. The van der Waals surface area contributed by atoms with Gasteiger partial charge in [-0.1, -0.05) is 65.9 Å². The molecule has 4 rings (SSSR count). The zero-order valence-corrected chi connectivity index (χ0v) is 13.2. The van der Waals surface area contributed by atoms with Gasteiger partial charge in [-0.3, -0.25) is 4.79 Å². The van der Waals surface area contributed by atoms with E-state index in [-0.39, 0.29) is 11.7 Å². The van der Waals surface area contributed by atoms with E-state index in [0.29, 0.717) is 6.42 Å². The number of benzene rings is 2. The first kappa shape index (κ1) is 14.6. The zero-order valence-electron chi connectivity index (χ0n) is 13.2. The van der Waals surface area contributed by atoms with Gasteiger partial charge in [-0.25, -0.2) is 4.68 Å². The van der Waals surface area contributed by atoms with E-state index in [0.717, 1.165) is 23.4 Å². The van der Waals surface area contributed by atoms with Crippen molar-refractivity contribution >= 4 is 11.5 Å². The van der Waals surface area contributed by atoms with Crippen LogP contribution < -0.4 is 0 Å². The van der Waals surface area contributed by atoms with Gasteiger partial charge in [0.2, 0.25) is 0 Å². The maximum Gasteiger partial charge on any atom is 0.158 e. The minimum atomic E-state index is 0.141. The highest BCUT2D eigenvalue weighted by atomic mass is 16.1. The Morgan fingerprint density at radius 3 is 2.38 bits per heavy atom. The molecule has 24 heavy (non-hydrogen) atoms. The Labute approximate surface area is 140 Å². The normalized spacial score (nSPS) is 17.6. The van der Waals surface area contributed by atoms with Crippen LogP contribution in [0, 0.1) is 0 Å². The molecule has 1 aliphatic rings. The fraction of sp³-hybridized carbons (Fsp3) is 0.150. The quantitative estimate of drug-likeness (QED) is 0.735. The van der Waals surface area contributed by atoms with Crippen LogP contribution in [-0.4, -0.2) is 20.8 Å². The highest BCUT2D eigenvalue weighted by Crippen LogP contribution is 2.33. The first-order valence-electron chi connectivity index (χ1n) is 8.06. The Hall–Kier alpha value is -3.01. The molecule has 0 radical (unpaired) electrons. The Morgan fingerprint density at radius 1 is 0.917 bits per heavy atom. The van der Waals surface area contributed by atoms with Crippen molar-refractivity contribution < 1.29 is 4.79 Å². The molecule has 0 fully saturated rings. The van der Waals surface area contributed by atoms with Gasteiger partial charge in [0.05, 0.1) is 6.20 Å². The van der Waals surface area contributed by atoms with Gasteiger partial charge in [-0.05, 0) is 17.9 Å². The highest BCUT2D eigenvalue weighted by Gasteiger charge is 2.23. The van der Waals surface area contributed by atoms with Gasteiger partial charge in [-0.15, -0.1) is 5.10 Å². The number of hydrogen-bond acceptors (Lipinski definition) is 3. The van der Waals surface area contributed by atoms with Gasteiger partial charge in [0.15, 0.2) is 5.78 Å². The Balaban J connectivity index is 1.62. The predicted molar refractivity (Wildman–Crippen MR) is 93.2 cm³/mol. The summed E-state index contributed by atoms with van der Waals surface area (Å²) in [6.07, 6.45) is 4.92. The number of hydrogen-bond donors (Lipinski definition) is 0. The van der Waals surface area contributed by atoms with Crippen molar-refractivity contribution in [2.24, 2.45) is 0 Å². The number of nitrogens with zero attached hydrogens (tertiary/aromatic N) is 3. The minimum Gasteiger partial charge on any atom is -0.295 e. The molecule has 4 heteroatoms. The lowest BCUT2D eigenvalue weighted by molar-refractivity contribution is -0.115. The third kappa shape index (κ3) is 2.91. The summed E-state index contributed by atoms with van der Waals surface area (Å²) >= 11 is 0. The summed E-state index contributed by atoms with van der Waals surface area (Å²) in [6.45, 7) is 0. The molecule has 1 atom stereocenters. The number of carbonyl (C=O) groups excluding carboxylic acids is 1. The average Bonchev–Trinajstić information content (AvgIpc) is 3.13. The fourth-order valence-corrected chi connectivity index (χ4v) is 3.14. The van der Waals surface area contributed by atoms with E-state index >= 15 is 0 Å². The second-order valence-electron chi connectivity index (χ2n) is 6.03. The summed E-state index contributed by atoms with van der Waals surface area (Å²) in [5, 5.41) is 8.47. The van der Waals surface area contributed by atoms with Crippen LogP contribution in [0.15, 0.2) is 72.9 Å². The molecule has 2 aromatic carbocycles. The molecule has 1 unspecified atom stereocenters. The van der Waals surface area contributed by atoms with E-state index in [1.807, 2.05) is 54.7 Å². The third-order valence-corrected chi connectivity index (χ3v) is 4.36. The lowest BCUT2D eigenvalue weighted by Crippen LogP contribution is -2.15. The molecule has 0 saturated heterocycles. The van der Waals surface area contributed by atoms with Gasteiger partial charge in [0, 0.05) is 23.8 Å². The molecule has 0 amide bonds. The van der Waals surface area contributed by atoms with Crippen LogP contribution in [0.25, 0.3) is 17.0 Å². The summed E-state index contributed by atoms with van der Waals surface area (Å²) in [5.41, 5.74) is 3.92. The van der Waals surface area contributed by atoms with Crippen molar-refractivity contribution in [3.63, 3.8) is 0 Å². The van der Waals surface area contributed by atoms with Crippen LogP contribution in [0.1, 0.15) is 24.3 Å². The van der Waals surface area contributed by atoms with Crippen molar-refractivity contribution in [2.45, 2.75) is 18.8 Å². The lowest BCUT2D eigenvalue weighted by Gasteiger charge is -2.22. The van der Waals surface area contributed by atoms with Crippen LogP contribution in [0.5, 0.6) is 0 Å². The van der Waals surface area contributed by atoms with Crippen molar-refractivity contribution in [3.8, 4) is 11.3 Å². The van der Waals surface area contributed by atoms with Crippen LogP contribution in [0.3, 0.4) is 0 Å². The van der Waals surface area contributed by atoms with Crippen LogP contribution in [0.2, 0.25) is 0 Å². The molecule has 1 heterocycles. The Kier molecular flexibility index (Phi) is 3.79. The summed E-state index contributed by atoms with van der Waals surface area (Å²) < 4.78 is 1.73. The average molecular weight is 315 g/mol. The van der Waals surface area contributed by atoms with Crippen molar-refractivity contribution in [3.05, 3.63) is 78.5 Å². The van der Waals surface area contributed by atoms with E-state index in [1.54, 1.807) is 10.8 Å². The van der Waals surface area contributed by atoms with Gasteiger partial charge in [-0.2, -0.15) is 0 Å². The molecule has 0 N–H and O–H groups in total. The smallest absolute Gasteiger partial charge is 0.158 e. The summed E-state index contributed by atoms with van der Waals surface area (Å²) in [4.78, 5) is 12.2. The summed E-state index contributed by atoms with van der Waals surface area (Å²) in [5.74, 6) is 0.338. The largest absolute Gasteiger partial charge is 0.295 e. The maximum absolute atomic E-state index is 12.2. The summed E-state index contributed by atoms with van der Waals surface area (Å²) in [6, 6.07) is 20.1. The molecular formula is C20H17N3O. The van der Waals surface area contributed by atoms with E-state index in [1.165, 1.54) is 5.56 Å². The highest BCUT2D eigenvalue weighted by molar-refractivity contribution is 5.96. The lowest BCUT2D eigenvalue weighted by atomic mass is 9.85. The Morgan fingerprint density at radius 2 is 1.62 bits per heavy atom. The molecule has 0 aliphatic heterocycles. The molecule has 0 bridgehead atoms. The number of allylic oxidation sites excluding steroid dienone is 2. The predicted octanol–water partition coefficient (Wildman–Crippen LogP) is 3.93. The standard InChI is InChI=1S/C20H17N3O/c24-19-12-17(15-7-3-1-4-8-15)11-18(13-19)23-14-20(21-22-23)16-9-5-2-6-10-16/h1-10,13-14,17H,11-12H2. The van der Waals surface area contributed by atoms with Gasteiger partial charge >= 0.3 is 0 Å². The molecule has 118 valence electrons. The second-order valence-corrected chi connectivity index (χ2v) is 6.03. The fourth-order valence-electron chi connectivity index (χ4n) is 3.14. The number of carbonyl (C=O) groups is 1. The van der Waals surface area contributed by atoms with Gasteiger partial charge in [0.25, 0.3) is 0 Å². The van der Waals surface area contributed by atoms with E-state index in [2.05, 4.69) is 22.4 Å². The molecule has 1 aromatic heterocycles. The topological polar surface area (TPSA) is 47.8 Å². The number of ketones is 1. The zero-order chi connectivity index (χ0) is 16.4. The second kappa shape index (κ2) is 6.24. The summed E-state index contributed by atoms with van der Waals surface area (Å²) in [7, 11) is 0. The molecule has 1 aliphatic carbocycles. The third-order valence-electron chi connectivity index (χ3n) is 4.36. The minimum absolute atomic E-state index is 0.141. The van der Waals surface area contributed by atoms with E-state index in [4.69, 9.17) is 0 Å². The van der Waals surface area contributed by atoms with E-state index < -0.39 is 0 Å². The molecule has 4 nitrogen and oxygen atoms in total. The number of rotatable bonds is 3.